The second-order valence-electron chi connectivity index (χ2n) is 1.99. The molecule has 0 aliphatic rings. The molecule has 0 amide bonds. The summed E-state index contributed by atoms with van der Waals surface area (Å²) in [5.41, 5.74) is 0. The Kier molecular flexibility index (Phi) is 3.49. The van der Waals surface area contributed by atoms with E-state index in [4.69, 9.17) is 0 Å². The Bertz CT molecular complexity index is 265. The summed E-state index contributed by atoms with van der Waals surface area (Å²) < 4.78 is 13.2. The molecule has 0 saturated heterocycles. The lowest BCUT2D eigenvalue weighted by atomic mass is 10.3. The predicted octanol–water partition coefficient (Wildman–Crippen LogP) is 3.08. The van der Waals surface area contributed by atoms with Gasteiger partial charge in [0.05, 0.1) is 4.47 Å². The Balaban J connectivity index is 2.69. The molecule has 65 valence electrons. The minimum Gasteiger partial charge on any atom is -0.337 e. The number of benzene rings is 1. The van der Waals surface area contributed by atoms with E-state index in [1.807, 2.05) is 0 Å². The molecule has 2 nitrogen and oxygen atoms in total. The average Bonchev–Trinajstić information content (AvgIpc) is 2.07. The maximum absolute atomic E-state index is 12.8. The smallest absolute Gasteiger partial charge is 0.168 e. The number of hydrogen-bond donors (Lipinski definition) is 0. The SMILES string of the molecule is C[CH]OOc1ccc(Br)c(F)c1. The fraction of sp³-hybridized carbons (Fsp3) is 0.125. The van der Waals surface area contributed by atoms with Crippen LogP contribution in [0.1, 0.15) is 6.92 Å². The molecule has 0 aliphatic carbocycles. The van der Waals surface area contributed by atoms with E-state index in [9.17, 15) is 4.39 Å². The number of hydrogen-bond acceptors (Lipinski definition) is 2. The summed E-state index contributed by atoms with van der Waals surface area (Å²) in [7, 11) is 0. The quantitative estimate of drug-likeness (QED) is 0.591. The van der Waals surface area contributed by atoms with E-state index in [2.05, 4.69) is 25.7 Å². The highest BCUT2D eigenvalue weighted by Gasteiger charge is 2.01. The molecule has 0 spiro atoms. The van der Waals surface area contributed by atoms with E-state index in [0.29, 0.717) is 10.2 Å². The summed E-state index contributed by atoms with van der Waals surface area (Å²) in [5, 5.41) is 0. The molecule has 12 heavy (non-hydrogen) atoms. The first-order valence-electron chi connectivity index (χ1n) is 3.30. The van der Waals surface area contributed by atoms with Crippen LogP contribution < -0.4 is 4.89 Å². The molecule has 4 heteroatoms. The average molecular weight is 234 g/mol. The van der Waals surface area contributed by atoms with E-state index in [0.717, 1.165) is 0 Å². The first-order valence-corrected chi connectivity index (χ1v) is 4.09. The van der Waals surface area contributed by atoms with Gasteiger partial charge in [0.1, 0.15) is 12.4 Å². The zero-order valence-electron chi connectivity index (χ0n) is 6.38. The van der Waals surface area contributed by atoms with Crippen molar-refractivity contribution < 1.29 is 14.2 Å². The third-order valence-electron chi connectivity index (χ3n) is 1.13. The summed E-state index contributed by atoms with van der Waals surface area (Å²) in [4.78, 5) is 9.18. The lowest BCUT2D eigenvalue weighted by Crippen LogP contribution is -1.92. The summed E-state index contributed by atoms with van der Waals surface area (Å²) in [6.07, 6.45) is 0. The molecule has 0 aromatic heterocycles. The van der Waals surface area contributed by atoms with Crippen molar-refractivity contribution in [2.45, 2.75) is 6.92 Å². The van der Waals surface area contributed by atoms with Crippen molar-refractivity contribution >= 4 is 15.9 Å². The van der Waals surface area contributed by atoms with Crippen LogP contribution in [0.5, 0.6) is 5.75 Å². The minimum atomic E-state index is -0.382. The van der Waals surface area contributed by atoms with Crippen LogP contribution in [0, 0.1) is 12.4 Å². The maximum atomic E-state index is 12.8. The van der Waals surface area contributed by atoms with Gasteiger partial charge in [0, 0.05) is 6.07 Å². The molecule has 0 bridgehead atoms. The monoisotopic (exact) mass is 233 g/mol. The van der Waals surface area contributed by atoms with Crippen molar-refractivity contribution in [2.75, 3.05) is 0 Å². The Morgan fingerprint density at radius 1 is 1.50 bits per heavy atom. The molecular weight excluding hydrogens is 227 g/mol. The molecule has 1 rings (SSSR count). The molecular formula is C8H7BrFO2. The van der Waals surface area contributed by atoms with Crippen molar-refractivity contribution in [2.24, 2.45) is 0 Å². The summed E-state index contributed by atoms with van der Waals surface area (Å²) in [6, 6.07) is 4.37. The first kappa shape index (κ1) is 9.48. The van der Waals surface area contributed by atoms with Gasteiger partial charge in [0.25, 0.3) is 0 Å². The third kappa shape index (κ3) is 2.46. The molecule has 0 heterocycles. The Hall–Kier alpha value is -0.610. The number of rotatable bonds is 3. The molecule has 1 aromatic rings. The van der Waals surface area contributed by atoms with Crippen LogP contribution in [0.3, 0.4) is 0 Å². The highest BCUT2D eigenvalue weighted by atomic mass is 79.9. The summed E-state index contributed by atoms with van der Waals surface area (Å²) in [5.74, 6) is -0.0546. The van der Waals surface area contributed by atoms with E-state index < -0.39 is 0 Å². The standard InChI is InChI=1S/C8H7BrFO2/c1-2-11-12-6-3-4-7(9)8(10)5-6/h2-5H,1H3. The Labute approximate surface area is 78.4 Å². The highest BCUT2D eigenvalue weighted by molar-refractivity contribution is 9.10. The Morgan fingerprint density at radius 3 is 2.83 bits per heavy atom. The van der Waals surface area contributed by atoms with Gasteiger partial charge in [0.2, 0.25) is 0 Å². The zero-order valence-corrected chi connectivity index (χ0v) is 7.97. The van der Waals surface area contributed by atoms with Crippen LogP contribution in [-0.4, -0.2) is 0 Å². The Morgan fingerprint density at radius 2 is 2.25 bits per heavy atom. The lowest BCUT2D eigenvalue weighted by Gasteiger charge is -2.02. The fourth-order valence-electron chi connectivity index (χ4n) is 0.632. The third-order valence-corrected chi connectivity index (χ3v) is 1.77. The van der Waals surface area contributed by atoms with E-state index in [1.54, 1.807) is 19.1 Å². The largest absolute Gasteiger partial charge is 0.337 e. The normalized spacial score (nSPS) is 9.92. The van der Waals surface area contributed by atoms with Crippen LogP contribution in [0.25, 0.3) is 0 Å². The minimum absolute atomic E-state index is 0.328. The molecule has 1 aromatic carbocycles. The van der Waals surface area contributed by atoms with Crippen molar-refractivity contribution in [1.82, 2.24) is 0 Å². The van der Waals surface area contributed by atoms with Crippen LogP contribution in [0.4, 0.5) is 4.39 Å². The lowest BCUT2D eigenvalue weighted by molar-refractivity contribution is -0.171. The van der Waals surface area contributed by atoms with Crippen molar-refractivity contribution in [3.63, 3.8) is 0 Å². The van der Waals surface area contributed by atoms with Gasteiger partial charge < -0.3 is 4.89 Å². The van der Waals surface area contributed by atoms with Crippen molar-refractivity contribution in [3.05, 3.63) is 35.1 Å². The molecule has 0 unspecified atom stereocenters. The molecule has 0 N–H and O–H groups in total. The van der Waals surface area contributed by atoms with Gasteiger partial charge in [-0.15, -0.1) is 0 Å². The maximum Gasteiger partial charge on any atom is 0.168 e. The first-order chi connectivity index (χ1) is 5.74. The second-order valence-corrected chi connectivity index (χ2v) is 2.85. The van der Waals surface area contributed by atoms with Crippen LogP contribution >= 0.6 is 15.9 Å². The molecule has 1 radical (unpaired) electrons. The number of halogens is 2. The van der Waals surface area contributed by atoms with Crippen molar-refractivity contribution in [3.8, 4) is 5.75 Å². The second kappa shape index (κ2) is 4.42. The topological polar surface area (TPSA) is 18.5 Å². The van der Waals surface area contributed by atoms with Gasteiger partial charge in [-0.3, -0.25) is 0 Å². The van der Waals surface area contributed by atoms with Crippen LogP contribution in [-0.2, 0) is 4.89 Å². The van der Waals surface area contributed by atoms with Crippen LogP contribution in [0.2, 0.25) is 0 Å². The van der Waals surface area contributed by atoms with Gasteiger partial charge >= 0.3 is 0 Å². The van der Waals surface area contributed by atoms with E-state index in [1.165, 1.54) is 12.7 Å². The van der Waals surface area contributed by atoms with Gasteiger partial charge in [-0.25, -0.2) is 4.39 Å². The molecule has 0 saturated carbocycles. The van der Waals surface area contributed by atoms with Crippen LogP contribution in [0.15, 0.2) is 22.7 Å². The van der Waals surface area contributed by atoms with Gasteiger partial charge in [0.15, 0.2) is 5.75 Å². The zero-order chi connectivity index (χ0) is 8.97. The summed E-state index contributed by atoms with van der Waals surface area (Å²) >= 11 is 3.02. The predicted molar refractivity (Wildman–Crippen MR) is 45.8 cm³/mol. The van der Waals surface area contributed by atoms with Gasteiger partial charge in [-0.1, -0.05) is 0 Å². The van der Waals surface area contributed by atoms with Crippen molar-refractivity contribution in [1.29, 1.82) is 0 Å². The van der Waals surface area contributed by atoms with Gasteiger partial charge in [-0.05, 0) is 35.0 Å². The summed E-state index contributed by atoms with van der Waals surface area (Å²) in [6.45, 7) is 3.02. The van der Waals surface area contributed by atoms with E-state index >= 15 is 0 Å². The van der Waals surface area contributed by atoms with Gasteiger partial charge in [-0.2, -0.15) is 4.89 Å². The highest BCUT2D eigenvalue weighted by Crippen LogP contribution is 2.20. The van der Waals surface area contributed by atoms with E-state index in [-0.39, 0.29) is 5.82 Å². The molecule has 0 aliphatic heterocycles. The molecule has 0 atom stereocenters. The molecule has 0 fully saturated rings. The fourth-order valence-corrected chi connectivity index (χ4v) is 0.879.